The Labute approximate surface area is 172 Å². The van der Waals surface area contributed by atoms with Gasteiger partial charge in [-0.15, -0.1) is 5.10 Å². The Hall–Kier alpha value is -3.00. The number of amides is 1. The van der Waals surface area contributed by atoms with Crippen LogP contribution in [0, 0.1) is 5.82 Å². The molecule has 0 spiro atoms. The number of Topliss-reactive ketones (excluding diaryl/α,β-unsaturated/α-hetero) is 1. The largest absolute Gasteiger partial charge is 0.356 e. The summed E-state index contributed by atoms with van der Waals surface area (Å²) in [7, 11) is 0. The van der Waals surface area contributed by atoms with Crippen molar-refractivity contribution in [2.45, 2.75) is 30.7 Å². The maximum atomic E-state index is 13.9. The molecule has 0 saturated carbocycles. The lowest BCUT2D eigenvalue weighted by atomic mass is 10.0. The van der Waals surface area contributed by atoms with Crippen LogP contribution in [0.5, 0.6) is 0 Å². The molecule has 6 nitrogen and oxygen atoms in total. The summed E-state index contributed by atoms with van der Waals surface area (Å²) in [4.78, 5) is 27.9. The van der Waals surface area contributed by atoms with Crippen molar-refractivity contribution in [2.75, 3.05) is 6.54 Å². The van der Waals surface area contributed by atoms with Crippen molar-refractivity contribution >= 4 is 23.5 Å². The smallest absolute Gasteiger partial charge is 0.216 e. The Bertz CT molecular complexity index is 1000. The van der Waals surface area contributed by atoms with Gasteiger partial charge < -0.3 is 5.32 Å². The molecule has 1 atom stereocenters. The molecule has 8 heteroatoms. The van der Waals surface area contributed by atoms with Gasteiger partial charge in [-0.05, 0) is 31.0 Å². The van der Waals surface area contributed by atoms with Gasteiger partial charge in [0.15, 0.2) is 11.6 Å². The number of carbonyl (C=O) groups excluding carboxylic acids is 2. The van der Waals surface area contributed by atoms with Gasteiger partial charge in [-0.2, -0.15) is 0 Å². The first-order valence-electron chi connectivity index (χ1n) is 9.15. The van der Waals surface area contributed by atoms with E-state index in [1.165, 1.54) is 24.8 Å². The van der Waals surface area contributed by atoms with Crippen LogP contribution in [0.4, 0.5) is 4.39 Å². The van der Waals surface area contributed by atoms with Crippen LogP contribution in [0.25, 0.3) is 11.4 Å². The Morgan fingerprint density at radius 3 is 2.59 bits per heavy atom. The van der Waals surface area contributed by atoms with Gasteiger partial charge in [-0.3, -0.25) is 14.7 Å². The van der Waals surface area contributed by atoms with E-state index in [0.29, 0.717) is 35.1 Å². The summed E-state index contributed by atoms with van der Waals surface area (Å²) in [5.41, 5.74) is 1.97. The van der Waals surface area contributed by atoms with E-state index in [0.717, 1.165) is 5.56 Å². The molecule has 3 rings (SSSR count). The van der Waals surface area contributed by atoms with Gasteiger partial charge >= 0.3 is 0 Å². The van der Waals surface area contributed by atoms with Crippen molar-refractivity contribution in [3.05, 3.63) is 65.5 Å². The first-order valence-corrected chi connectivity index (χ1v) is 10.0. The summed E-state index contributed by atoms with van der Waals surface area (Å²) in [6.07, 6.45) is 0.703. The van der Waals surface area contributed by atoms with Crippen LogP contribution in [0.3, 0.4) is 0 Å². The van der Waals surface area contributed by atoms with Crippen molar-refractivity contribution in [3.63, 3.8) is 0 Å². The standard InChI is InChI=1S/C21H21FN4O2S/c1-13(19(28)16-9-7-15(8-10-16)11-12-23-14(2)27)29-21-24-20(25-26-21)17-5-3-4-6-18(17)22/h3-10,13H,11-12H2,1-2H3,(H,23,27)(H,24,25,26). The Morgan fingerprint density at radius 2 is 1.90 bits per heavy atom. The fourth-order valence-corrected chi connectivity index (χ4v) is 3.54. The van der Waals surface area contributed by atoms with E-state index in [-0.39, 0.29) is 17.5 Å². The van der Waals surface area contributed by atoms with Crippen LogP contribution >= 0.6 is 11.8 Å². The highest BCUT2D eigenvalue weighted by atomic mass is 32.2. The summed E-state index contributed by atoms with van der Waals surface area (Å²) in [6, 6.07) is 13.6. The van der Waals surface area contributed by atoms with Crippen LogP contribution < -0.4 is 5.32 Å². The highest BCUT2D eigenvalue weighted by molar-refractivity contribution is 8.00. The van der Waals surface area contributed by atoms with E-state index >= 15 is 0 Å². The van der Waals surface area contributed by atoms with E-state index < -0.39 is 5.25 Å². The zero-order chi connectivity index (χ0) is 20.8. The monoisotopic (exact) mass is 412 g/mol. The average molecular weight is 412 g/mol. The molecule has 0 aliphatic rings. The van der Waals surface area contributed by atoms with Crippen molar-refractivity contribution in [1.82, 2.24) is 20.5 Å². The summed E-state index contributed by atoms with van der Waals surface area (Å²) < 4.78 is 13.9. The number of H-pyrrole nitrogens is 1. The second-order valence-corrected chi connectivity index (χ2v) is 7.81. The molecule has 1 heterocycles. The second kappa shape index (κ2) is 9.47. The quantitative estimate of drug-likeness (QED) is 0.436. The maximum absolute atomic E-state index is 13.9. The molecule has 0 aliphatic heterocycles. The van der Waals surface area contributed by atoms with Gasteiger partial charge in [0.05, 0.1) is 10.8 Å². The molecule has 1 amide bonds. The Kier molecular flexibility index (Phi) is 6.77. The van der Waals surface area contributed by atoms with Gasteiger partial charge in [-0.1, -0.05) is 48.2 Å². The molecular formula is C21H21FN4O2S. The van der Waals surface area contributed by atoms with Crippen molar-refractivity contribution < 1.29 is 14.0 Å². The van der Waals surface area contributed by atoms with Gasteiger partial charge in [-0.25, -0.2) is 9.37 Å². The minimum absolute atomic E-state index is 0.0411. The Morgan fingerprint density at radius 1 is 1.17 bits per heavy atom. The predicted octanol–water partition coefficient (Wildman–Crippen LogP) is 3.65. The predicted molar refractivity (Wildman–Crippen MR) is 110 cm³/mol. The number of thioether (sulfide) groups is 1. The number of hydrogen-bond donors (Lipinski definition) is 2. The number of nitrogens with one attached hydrogen (secondary N) is 2. The molecule has 0 radical (unpaired) electrons. The fourth-order valence-electron chi connectivity index (χ4n) is 2.74. The van der Waals surface area contributed by atoms with Gasteiger partial charge in [0.25, 0.3) is 0 Å². The minimum Gasteiger partial charge on any atom is -0.356 e. The van der Waals surface area contributed by atoms with Crippen molar-refractivity contribution in [1.29, 1.82) is 0 Å². The number of halogens is 1. The highest BCUT2D eigenvalue weighted by Crippen LogP contribution is 2.26. The van der Waals surface area contributed by atoms with E-state index in [9.17, 15) is 14.0 Å². The molecule has 29 heavy (non-hydrogen) atoms. The molecule has 3 aromatic rings. The molecule has 0 bridgehead atoms. The molecular weight excluding hydrogens is 391 g/mol. The molecule has 2 N–H and O–H groups in total. The first-order chi connectivity index (χ1) is 13.9. The molecule has 1 aromatic heterocycles. The molecule has 1 unspecified atom stereocenters. The number of rotatable bonds is 8. The SMILES string of the molecule is CC(=O)NCCc1ccc(C(=O)C(C)Sc2n[nH]c(-c3ccccc3F)n2)cc1. The minimum atomic E-state index is -0.399. The third-order valence-electron chi connectivity index (χ3n) is 4.27. The molecule has 0 aliphatic carbocycles. The summed E-state index contributed by atoms with van der Waals surface area (Å²) in [5, 5.41) is 9.54. The lowest BCUT2D eigenvalue weighted by molar-refractivity contribution is -0.118. The maximum Gasteiger partial charge on any atom is 0.216 e. The molecule has 0 fully saturated rings. The fraction of sp³-hybridized carbons (Fsp3) is 0.238. The first kappa shape index (κ1) is 20.7. The summed E-state index contributed by atoms with van der Waals surface area (Å²) in [5.74, 6) is -0.162. The van der Waals surface area contributed by atoms with E-state index in [2.05, 4.69) is 20.5 Å². The molecule has 0 saturated heterocycles. The number of benzene rings is 2. The topological polar surface area (TPSA) is 87.7 Å². The van der Waals surface area contributed by atoms with Crippen LogP contribution in [0.15, 0.2) is 53.7 Å². The Balaban J connectivity index is 1.61. The highest BCUT2D eigenvalue weighted by Gasteiger charge is 2.19. The number of hydrogen-bond acceptors (Lipinski definition) is 5. The van der Waals surface area contributed by atoms with Crippen LogP contribution in [0.2, 0.25) is 0 Å². The zero-order valence-corrected chi connectivity index (χ0v) is 16.9. The molecule has 150 valence electrons. The normalized spacial score (nSPS) is 11.8. The second-order valence-electron chi connectivity index (χ2n) is 6.50. The third kappa shape index (κ3) is 5.51. The van der Waals surface area contributed by atoms with Crippen LogP contribution in [-0.4, -0.2) is 38.7 Å². The number of carbonyl (C=O) groups is 2. The number of aromatic amines is 1. The van der Waals surface area contributed by atoms with Crippen LogP contribution in [-0.2, 0) is 11.2 Å². The van der Waals surface area contributed by atoms with Gasteiger partial charge in [0.2, 0.25) is 11.1 Å². The van der Waals surface area contributed by atoms with Gasteiger partial charge in [0.1, 0.15) is 5.82 Å². The lowest BCUT2D eigenvalue weighted by Crippen LogP contribution is -2.22. The van der Waals surface area contributed by atoms with Crippen LogP contribution in [0.1, 0.15) is 29.8 Å². The third-order valence-corrected chi connectivity index (χ3v) is 5.23. The molecule has 2 aromatic carbocycles. The lowest BCUT2D eigenvalue weighted by Gasteiger charge is -2.09. The average Bonchev–Trinajstić information content (AvgIpc) is 3.16. The van der Waals surface area contributed by atoms with E-state index in [1.807, 2.05) is 12.1 Å². The summed E-state index contributed by atoms with van der Waals surface area (Å²) in [6.45, 7) is 3.83. The number of aromatic nitrogens is 3. The van der Waals surface area contributed by atoms with Gasteiger partial charge in [0, 0.05) is 19.0 Å². The summed E-state index contributed by atoms with van der Waals surface area (Å²) >= 11 is 1.22. The van der Waals surface area contributed by atoms with Crippen molar-refractivity contribution in [2.24, 2.45) is 0 Å². The van der Waals surface area contributed by atoms with E-state index in [1.54, 1.807) is 37.3 Å². The van der Waals surface area contributed by atoms with E-state index in [4.69, 9.17) is 0 Å². The number of nitrogens with zero attached hydrogens (tertiary/aromatic N) is 2. The number of ketones is 1. The zero-order valence-electron chi connectivity index (χ0n) is 16.1. The van der Waals surface area contributed by atoms with Crippen molar-refractivity contribution in [3.8, 4) is 11.4 Å².